The number of hydrogen-bond donors (Lipinski definition) is 3. The van der Waals surface area contributed by atoms with E-state index in [1.165, 1.54) is 18.2 Å². The van der Waals surface area contributed by atoms with Gasteiger partial charge in [0.15, 0.2) is 5.84 Å². The SMILES string of the molecule is COc1ccc2c(c1)C(=O)N(C[C@@]1(C#Cc3cncc(C(=NO)N4CCCN(C)CC4)c3)NC(=O)NC1=O)C2. The molecule has 3 N–H and O–H groups in total. The number of amidine groups is 1. The van der Waals surface area contributed by atoms with Gasteiger partial charge < -0.3 is 30.0 Å². The van der Waals surface area contributed by atoms with Gasteiger partial charge in [-0.15, -0.1) is 0 Å². The van der Waals surface area contributed by atoms with Crippen LogP contribution in [0, 0.1) is 11.8 Å². The summed E-state index contributed by atoms with van der Waals surface area (Å²) in [5.74, 6) is 5.85. The van der Waals surface area contributed by atoms with Crippen LogP contribution in [-0.4, -0.2) is 101 Å². The summed E-state index contributed by atoms with van der Waals surface area (Å²) in [5.41, 5.74) is 0.644. The molecule has 0 saturated carbocycles. The molecule has 12 nitrogen and oxygen atoms in total. The van der Waals surface area contributed by atoms with Gasteiger partial charge in [0.1, 0.15) is 5.75 Å². The van der Waals surface area contributed by atoms with Crippen LogP contribution in [0.15, 0.2) is 41.8 Å². The number of ether oxygens (including phenoxy) is 1. The topological polar surface area (TPSA) is 140 Å². The second-order valence-corrected chi connectivity index (χ2v) is 9.78. The third-order valence-electron chi connectivity index (χ3n) is 7.10. The van der Waals surface area contributed by atoms with Crippen molar-refractivity contribution >= 4 is 23.7 Å². The number of methoxy groups -OCH3 is 1. The minimum Gasteiger partial charge on any atom is -0.497 e. The molecule has 3 aliphatic heterocycles. The molecule has 1 aromatic heterocycles. The van der Waals surface area contributed by atoms with Crippen molar-refractivity contribution in [3.63, 3.8) is 0 Å². The van der Waals surface area contributed by atoms with Crippen LogP contribution in [-0.2, 0) is 11.3 Å². The number of nitrogens with one attached hydrogen (secondary N) is 2. The summed E-state index contributed by atoms with van der Waals surface area (Å²) in [6.07, 6.45) is 4.03. The van der Waals surface area contributed by atoms with E-state index in [4.69, 9.17) is 4.74 Å². The summed E-state index contributed by atoms with van der Waals surface area (Å²) in [6, 6.07) is 6.26. The number of benzene rings is 1. The molecule has 3 aliphatic rings. The fourth-order valence-electron chi connectivity index (χ4n) is 4.98. The standard InChI is InChI=1S/C27H29N7O5/c1-32-8-3-9-33(11-10-32)23(31-38)20-12-18(14-28-15-20)6-7-27(25(36)29-26(37)30-27)17-34-16-19-4-5-21(39-2)13-22(19)24(34)35/h4-5,12-15,38H,3,8-11,16-17H2,1-2H3,(H2,29,30,36,37)/t27-/m1/s1. The van der Waals surface area contributed by atoms with Crippen LogP contribution in [0.4, 0.5) is 4.79 Å². The lowest BCUT2D eigenvalue weighted by Gasteiger charge is -2.26. The zero-order chi connectivity index (χ0) is 27.6. The van der Waals surface area contributed by atoms with E-state index in [-0.39, 0.29) is 19.0 Å². The average Bonchev–Trinajstić information content (AvgIpc) is 3.28. The summed E-state index contributed by atoms with van der Waals surface area (Å²) in [4.78, 5) is 48.2. The third-order valence-corrected chi connectivity index (χ3v) is 7.10. The predicted octanol–water partition coefficient (Wildman–Crippen LogP) is 0.449. The number of amides is 4. The van der Waals surface area contributed by atoms with Crippen LogP contribution >= 0.6 is 0 Å². The summed E-state index contributed by atoms with van der Waals surface area (Å²) >= 11 is 0. The van der Waals surface area contributed by atoms with Gasteiger partial charge in [-0.1, -0.05) is 23.1 Å². The largest absolute Gasteiger partial charge is 0.497 e. The predicted molar refractivity (Wildman–Crippen MR) is 140 cm³/mol. The first-order valence-electron chi connectivity index (χ1n) is 12.6. The molecule has 0 aliphatic carbocycles. The molecule has 39 heavy (non-hydrogen) atoms. The van der Waals surface area contributed by atoms with Crippen LogP contribution in [0.5, 0.6) is 5.75 Å². The number of carbonyl (C=O) groups excluding carboxylic acids is 3. The maximum Gasteiger partial charge on any atom is 0.323 e. The first-order chi connectivity index (χ1) is 18.8. The molecule has 12 heteroatoms. The van der Waals surface area contributed by atoms with Gasteiger partial charge in [0.25, 0.3) is 11.8 Å². The number of pyridine rings is 1. The van der Waals surface area contributed by atoms with Crippen molar-refractivity contribution in [1.29, 1.82) is 0 Å². The Morgan fingerprint density at radius 2 is 2.03 bits per heavy atom. The second kappa shape index (κ2) is 10.6. The number of likely N-dealkylation sites (N-methyl/N-ethyl adjacent to an activating group) is 1. The van der Waals surface area contributed by atoms with Crippen LogP contribution in [0.1, 0.15) is 33.5 Å². The average molecular weight is 532 g/mol. The molecule has 2 fully saturated rings. The molecule has 1 aromatic carbocycles. The number of fused-ring (bicyclic) bond motifs is 1. The highest BCUT2D eigenvalue weighted by atomic mass is 16.5. The molecule has 0 bridgehead atoms. The molecule has 202 valence electrons. The van der Waals surface area contributed by atoms with Gasteiger partial charge in [0.2, 0.25) is 5.54 Å². The fraction of sp³-hybridized carbons (Fsp3) is 0.370. The van der Waals surface area contributed by atoms with E-state index in [1.807, 2.05) is 4.90 Å². The highest BCUT2D eigenvalue weighted by Gasteiger charge is 2.48. The molecule has 5 rings (SSSR count). The van der Waals surface area contributed by atoms with E-state index < -0.39 is 17.5 Å². The minimum absolute atomic E-state index is 0.148. The number of carbonyl (C=O) groups is 3. The number of nitrogens with zero attached hydrogens (tertiary/aromatic N) is 5. The summed E-state index contributed by atoms with van der Waals surface area (Å²) in [6.45, 7) is 3.32. The van der Waals surface area contributed by atoms with Crippen LogP contribution < -0.4 is 15.4 Å². The maximum atomic E-state index is 13.1. The van der Waals surface area contributed by atoms with Crippen molar-refractivity contribution in [3.05, 3.63) is 58.9 Å². The smallest absolute Gasteiger partial charge is 0.323 e. The molecular formula is C27H29N7O5. The molecule has 4 heterocycles. The Kier molecular flexibility index (Phi) is 7.08. The molecule has 1 atom stereocenters. The van der Waals surface area contributed by atoms with E-state index in [0.717, 1.165) is 31.6 Å². The van der Waals surface area contributed by atoms with Gasteiger partial charge in [-0.25, -0.2) is 4.79 Å². The Hall–Kier alpha value is -4.63. The van der Waals surface area contributed by atoms with Crippen molar-refractivity contribution in [2.75, 3.05) is 46.9 Å². The van der Waals surface area contributed by atoms with Gasteiger partial charge in [-0.3, -0.25) is 19.9 Å². The van der Waals surface area contributed by atoms with Crippen LogP contribution in [0.3, 0.4) is 0 Å². The maximum absolute atomic E-state index is 13.1. The Balaban J connectivity index is 1.41. The summed E-state index contributed by atoms with van der Waals surface area (Å²) < 4.78 is 5.23. The molecular weight excluding hydrogens is 502 g/mol. The monoisotopic (exact) mass is 531 g/mol. The van der Waals surface area contributed by atoms with Crippen molar-refractivity contribution in [1.82, 2.24) is 30.3 Å². The second-order valence-electron chi connectivity index (χ2n) is 9.78. The van der Waals surface area contributed by atoms with Gasteiger partial charge in [0.05, 0.1) is 13.7 Å². The van der Waals surface area contributed by atoms with Crippen molar-refractivity contribution in [3.8, 4) is 17.6 Å². The van der Waals surface area contributed by atoms with Crippen LogP contribution in [0.2, 0.25) is 0 Å². The van der Waals surface area contributed by atoms with E-state index in [0.29, 0.717) is 34.8 Å². The van der Waals surface area contributed by atoms with Gasteiger partial charge in [-0.2, -0.15) is 0 Å². The van der Waals surface area contributed by atoms with Crippen LogP contribution in [0.25, 0.3) is 0 Å². The zero-order valence-electron chi connectivity index (χ0n) is 21.7. The quantitative estimate of drug-likeness (QED) is 0.129. The number of hydrogen-bond acceptors (Lipinski definition) is 8. The Morgan fingerprint density at radius 1 is 1.18 bits per heavy atom. The van der Waals surface area contributed by atoms with Crippen molar-refractivity contribution in [2.45, 2.75) is 18.5 Å². The van der Waals surface area contributed by atoms with Crippen molar-refractivity contribution in [2.24, 2.45) is 5.16 Å². The molecule has 4 amide bonds. The van der Waals surface area contributed by atoms with E-state index in [2.05, 4.69) is 44.6 Å². The van der Waals surface area contributed by atoms with Crippen molar-refractivity contribution < 1.29 is 24.3 Å². The fourth-order valence-corrected chi connectivity index (χ4v) is 4.98. The number of urea groups is 1. The number of aromatic nitrogens is 1. The van der Waals surface area contributed by atoms with Gasteiger partial charge in [-0.05, 0) is 43.8 Å². The zero-order valence-corrected chi connectivity index (χ0v) is 21.7. The lowest BCUT2D eigenvalue weighted by molar-refractivity contribution is -0.122. The third kappa shape index (κ3) is 5.21. The van der Waals surface area contributed by atoms with Gasteiger partial charge in [0, 0.05) is 55.3 Å². The number of oxime groups is 1. The molecule has 0 unspecified atom stereocenters. The number of rotatable bonds is 4. The number of imide groups is 1. The molecule has 2 aromatic rings. The Bertz CT molecular complexity index is 1410. The normalized spacial score (nSPS) is 21.6. The highest BCUT2D eigenvalue weighted by Crippen LogP contribution is 2.28. The lowest BCUT2D eigenvalue weighted by atomic mass is 9.99. The van der Waals surface area contributed by atoms with E-state index >= 15 is 0 Å². The Labute approximate surface area is 225 Å². The Morgan fingerprint density at radius 3 is 2.77 bits per heavy atom. The van der Waals surface area contributed by atoms with E-state index in [9.17, 15) is 19.6 Å². The molecule has 0 radical (unpaired) electrons. The van der Waals surface area contributed by atoms with Gasteiger partial charge >= 0.3 is 6.03 Å². The molecule has 2 saturated heterocycles. The highest BCUT2D eigenvalue weighted by molar-refractivity contribution is 6.10. The first-order valence-corrected chi connectivity index (χ1v) is 12.6. The lowest BCUT2D eigenvalue weighted by Crippen LogP contribution is -2.54. The summed E-state index contributed by atoms with van der Waals surface area (Å²) in [5, 5.41) is 18.2. The minimum atomic E-state index is -1.65. The summed E-state index contributed by atoms with van der Waals surface area (Å²) in [7, 11) is 3.57. The molecule has 0 spiro atoms. The van der Waals surface area contributed by atoms with E-state index in [1.54, 1.807) is 30.5 Å². The first kappa shape index (κ1) is 26.0.